The fraction of sp³-hybridized carbons (Fsp3) is 0.286. The van der Waals surface area contributed by atoms with E-state index in [4.69, 9.17) is 5.73 Å². The molecule has 0 aliphatic rings. The fourth-order valence-electron chi connectivity index (χ4n) is 1.90. The minimum atomic E-state index is -0.202. The van der Waals surface area contributed by atoms with Crippen LogP contribution in [0.5, 0.6) is 0 Å². The second kappa shape index (κ2) is 5.14. The third-order valence-electron chi connectivity index (χ3n) is 2.90. The van der Waals surface area contributed by atoms with Crippen molar-refractivity contribution in [3.05, 3.63) is 41.9 Å². The number of nitrogens with zero attached hydrogens (tertiary/aromatic N) is 2. The summed E-state index contributed by atoms with van der Waals surface area (Å²) in [6.07, 6.45) is 3.42. The number of anilines is 2. The number of pyridine rings is 1. The lowest BCUT2D eigenvalue weighted by Gasteiger charge is -2.13. The van der Waals surface area contributed by atoms with Gasteiger partial charge in [0.1, 0.15) is 11.5 Å². The second-order valence-corrected chi connectivity index (χ2v) is 4.78. The maximum Gasteiger partial charge on any atom is 0.273 e. The molecule has 2 heterocycles. The Bertz CT molecular complexity index is 601. The molecule has 0 aliphatic carbocycles. The van der Waals surface area contributed by atoms with E-state index in [0.717, 1.165) is 5.56 Å². The number of nitrogens with two attached hydrogens (primary N) is 1. The molecule has 2 aromatic heterocycles. The predicted molar refractivity (Wildman–Crippen MR) is 76.2 cm³/mol. The molecule has 19 heavy (non-hydrogen) atoms. The highest BCUT2D eigenvalue weighted by molar-refractivity contribution is 6.03. The van der Waals surface area contributed by atoms with Crippen LogP contribution in [0.15, 0.2) is 30.6 Å². The smallest absolute Gasteiger partial charge is 0.273 e. The average molecular weight is 258 g/mol. The van der Waals surface area contributed by atoms with E-state index < -0.39 is 0 Å². The van der Waals surface area contributed by atoms with E-state index in [2.05, 4.69) is 10.3 Å². The second-order valence-electron chi connectivity index (χ2n) is 4.78. The van der Waals surface area contributed by atoms with Crippen molar-refractivity contribution in [2.45, 2.75) is 26.8 Å². The lowest BCUT2D eigenvalue weighted by Crippen LogP contribution is -2.18. The van der Waals surface area contributed by atoms with Gasteiger partial charge >= 0.3 is 0 Å². The zero-order valence-corrected chi connectivity index (χ0v) is 11.3. The van der Waals surface area contributed by atoms with E-state index in [0.29, 0.717) is 17.2 Å². The number of hydrogen-bond donors (Lipinski definition) is 2. The van der Waals surface area contributed by atoms with Gasteiger partial charge in [0.2, 0.25) is 0 Å². The molecule has 0 spiro atoms. The minimum Gasteiger partial charge on any atom is -0.397 e. The van der Waals surface area contributed by atoms with Crippen LogP contribution < -0.4 is 11.1 Å². The first-order valence-electron chi connectivity index (χ1n) is 6.19. The van der Waals surface area contributed by atoms with E-state index in [1.54, 1.807) is 18.5 Å². The first-order chi connectivity index (χ1) is 8.99. The molecule has 0 aromatic carbocycles. The van der Waals surface area contributed by atoms with Gasteiger partial charge in [-0.1, -0.05) is 6.07 Å². The number of carbonyl (C=O) groups is 1. The summed E-state index contributed by atoms with van der Waals surface area (Å²) in [5.41, 5.74) is 7.80. The van der Waals surface area contributed by atoms with Crippen molar-refractivity contribution in [3.63, 3.8) is 0 Å². The minimum absolute atomic E-state index is 0.169. The third-order valence-corrected chi connectivity index (χ3v) is 2.90. The lowest BCUT2D eigenvalue weighted by molar-refractivity contribution is 0.101. The van der Waals surface area contributed by atoms with Crippen LogP contribution in [0.4, 0.5) is 11.5 Å². The summed E-state index contributed by atoms with van der Waals surface area (Å²) >= 11 is 0. The standard InChI is InChI=1S/C14H18N4O/c1-9(2)18-8-11(15)7-12(18)14(19)17-13-10(3)5-4-6-16-13/h4-9H,15H2,1-3H3,(H,16,17,19). The number of carbonyl (C=O) groups excluding carboxylic acids is 1. The van der Waals surface area contributed by atoms with Gasteiger partial charge in [0.15, 0.2) is 0 Å². The van der Waals surface area contributed by atoms with Gasteiger partial charge in [0, 0.05) is 18.4 Å². The summed E-state index contributed by atoms with van der Waals surface area (Å²) in [4.78, 5) is 16.4. The Kier molecular flexibility index (Phi) is 3.55. The molecule has 0 fully saturated rings. The van der Waals surface area contributed by atoms with Crippen molar-refractivity contribution in [2.75, 3.05) is 11.1 Å². The van der Waals surface area contributed by atoms with E-state index in [9.17, 15) is 4.79 Å². The van der Waals surface area contributed by atoms with Crippen molar-refractivity contribution >= 4 is 17.4 Å². The molecule has 2 rings (SSSR count). The van der Waals surface area contributed by atoms with Crippen molar-refractivity contribution in [3.8, 4) is 0 Å². The van der Waals surface area contributed by atoms with Gasteiger partial charge in [-0.25, -0.2) is 4.98 Å². The number of hydrogen-bond acceptors (Lipinski definition) is 3. The number of rotatable bonds is 3. The van der Waals surface area contributed by atoms with E-state index >= 15 is 0 Å². The summed E-state index contributed by atoms with van der Waals surface area (Å²) < 4.78 is 1.85. The third kappa shape index (κ3) is 2.76. The molecule has 2 aromatic rings. The van der Waals surface area contributed by atoms with Crippen LogP contribution in [-0.4, -0.2) is 15.5 Å². The zero-order valence-electron chi connectivity index (χ0n) is 11.3. The summed E-state index contributed by atoms with van der Waals surface area (Å²) in [7, 11) is 0. The Morgan fingerprint density at radius 1 is 1.47 bits per heavy atom. The van der Waals surface area contributed by atoms with Gasteiger partial charge in [-0.2, -0.15) is 0 Å². The Labute approximate surface area is 112 Å². The molecule has 0 atom stereocenters. The molecule has 0 saturated carbocycles. The molecule has 3 N–H and O–H groups in total. The summed E-state index contributed by atoms with van der Waals surface area (Å²) in [6, 6.07) is 5.58. The van der Waals surface area contributed by atoms with Gasteiger partial charge in [-0.05, 0) is 38.5 Å². The maximum absolute atomic E-state index is 12.3. The first-order valence-corrected chi connectivity index (χ1v) is 6.19. The molecule has 0 aliphatic heterocycles. The van der Waals surface area contributed by atoms with Gasteiger partial charge in [-0.15, -0.1) is 0 Å². The molecular formula is C14H18N4O. The summed E-state index contributed by atoms with van der Waals surface area (Å²) in [6.45, 7) is 5.91. The van der Waals surface area contributed by atoms with Gasteiger partial charge in [0.25, 0.3) is 5.91 Å². The molecule has 5 nitrogen and oxygen atoms in total. The number of aryl methyl sites for hydroxylation is 1. The SMILES string of the molecule is Cc1cccnc1NC(=O)c1cc(N)cn1C(C)C. The van der Waals surface area contributed by atoms with Crippen LogP contribution in [0.2, 0.25) is 0 Å². The van der Waals surface area contributed by atoms with Crippen LogP contribution in [0.1, 0.15) is 35.9 Å². The zero-order chi connectivity index (χ0) is 14.0. The lowest BCUT2D eigenvalue weighted by atomic mass is 10.3. The van der Waals surface area contributed by atoms with E-state index in [1.807, 2.05) is 37.5 Å². The molecule has 5 heteroatoms. The first kappa shape index (κ1) is 13.1. The Balaban J connectivity index is 2.28. The van der Waals surface area contributed by atoms with E-state index in [1.165, 1.54) is 0 Å². The highest BCUT2D eigenvalue weighted by atomic mass is 16.2. The topological polar surface area (TPSA) is 72.9 Å². The van der Waals surface area contributed by atoms with Gasteiger partial charge in [-0.3, -0.25) is 4.79 Å². The number of nitrogen functional groups attached to an aromatic ring is 1. The molecule has 0 radical (unpaired) electrons. The monoisotopic (exact) mass is 258 g/mol. The highest BCUT2D eigenvalue weighted by Gasteiger charge is 2.15. The van der Waals surface area contributed by atoms with Crippen molar-refractivity contribution in [1.82, 2.24) is 9.55 Å². The molecule has 1 amide bonds. The van der Waals surface area contributed by atoms with Crippen molar-refractivity contribution in [1.29, 1.82) is 0 Å². The quantitative estimate of drug-likeness (QED) is 0.888. The Morgan fingerprint density at radius 3 is 2.84 bits per heavy atom. The Hall–Kier alpha value is -2.30. The summed E-state index contributed by atoms with van der Waals surface area (Å²) in [5, 5.41) is 2.81. The number of nitrogens with one attached hydrogen (secondary N) is 1. The van der Waals surface area contributed by atoms with Crippen LogP contribution >= 0.6 is 0 Å². The highest BCUT2D eigenvalue weighted by Crippen LogP contribution is 2.18. The van der Waals surface area contributed by atoms with Crippen molar-refractivity contribution < 1.29 is 4.79 Å². The summed E-state index contributed by atoms with van der Waals surface area (Å²) in [5.74, 6) is 0.370. The predicted octanol–water partition coefficient (Wildman–Crippen LogP) is 2.61. The average Bonchev–Trinajstić information content (AvgIpc) is 2.74. The van der Waals surface area contributed by atoms with Crippen LogP contribution in [0, 0.1) is 6.92 Å². The molecule has 0 saturated heterocycles. The maximum atomic E-state index is 12.3. The fourth-order valence-corrected chi connectivity index (χ4v) is 1.90. The molecule has 0 bridgehead atoms. The van der Waals surface area contributed by atoms with Crippen LogP contribution in [0.3, 0.4) is 0 Å². The molecule has 100 valence electrons. The van der Waals surface area contributed by atoms with E-state index in [-0.39, 0.29) is 11.9 Å². The number of amides is 1. The van der Waals surface area contributed by atoms with Gasteiger partial charge < -0.3 is 15.6 Å². The normalized spacial score (nSPS) is 10.7. The van der Waals surface area contributed by atoms with Crippen molar-refractivity contribution in [2.24, 2.45) is 0 Å². The largest absolute Gasteiger partial charge is 0.397 e. The Morgan fingerprint density at radius 2 is 2.21 bits per heavy atom. The van der Waals surface area contributed by atoms with Gasteiger partial charge in [0.05, 0.1) is 5.69 Å². The van der Waals surface area contributed by atoms with Crippen LogP contribution in [-0.2, 0) is 0 Å². The molecule has 0 unspecified atom stereocenters. The number of aromatic nitrogens is 2. The van der Waals surface area contributed by atoms with Crippen LogP contribution in [0.25, 0.3) is 0 Å². The molecular weight excluding hydrogens is 240 g/mol.